The lowest BCUT2D eigenvalue weighted by atomic mass is 10.1. The Labute approximate surface area is 110 Å². The quantitative estimate of drug-likeness (QED) is 0.727. The number of rotatable bonds is 3. The summed E-state index contributed by atoms with van der Waals surface area (Å²) in [6.45, 7) is 0.391. The van der Waals surface area contributed by atoms with Crippen LogP contribution in [0.25, 0.3) is 10.8 Å². The molecule has 0 fully saturated rings. The van der Waals surface area contributed by atoms with Gasteiger partial charge in [-0.2, -0.15) is 0 Å². The van der Waals surface area contributed by atoms with E-state index >= 15 is 0 Å². The number of benzene rings is 2. The lowest BCUT2D eigenvalue weighted by Gasteiger charge is -2.09. The van der Waals surface area contributed by atoms with Crippen molar-refractivity contribution in [2.45, 2.75) is 6.61 Å². The monoisotopic (exact) mass is 251 g/mol. The van der Waals surface area contributed by atoms with Crippen molar-refractivity contribution in [2.75, 3.05) is 5.73 Å². The van der Waals surface area contributed by atoms with Gasteiger partial charge in [0.25, 0.3) is 0 Å². The van der Waals surface area contributed by atoms with E-state index in [9.17, 15) is 0 Å². The van der Waals surface area contributed by atoms with Gasteiger partial charge in [-0.15, -0.1) is 0 Å². The molecule has 4 nitrogen and oxygen atoms in total. The molecule has 0 aliphatic carbocycles. The van der Waals surface area contributed by atoms with Crippen LogP contribution in [-0.4, -0.2) is 9.97 Å². The van der Waals surface area contributed by atoms with Crippen molar-refractivity contribution in [2.24, 2.45) is 0 Å². The zero-order valence-electron chi connectivity index (χ0n) is 10.3. The van der Waals surface area contributed by atoms with Crippen LogP contribution in [0.5, 0.6) is 5.75 Å². The summed E-state index contributed by atoms with van der Waals surface area (Å²) in [5, 5.41) is 2.01. The maximum Gasteiger partial charge on any atom is 0.132 e. The number of anilines is 1. The summed E-state index contributed by atoms with van der Waals surface area (Å²) in [4.78, 5) is 8.19. The van der Waals surface area contributed by atoms with Crippen molar-refractivity contribution in [3.63, 3.8) is 0 Å². The minimum Gasteiger partial charge on any atom is -0.487 e. The molecule has 0 saturated carbocycles. The standard InChI is InChI=1S/C15H13N3O/c16-14-5-1-4-13-12(14)3-2-6-15(13)19-10-11-9-17-7-8-18-11/h1-9H,10,16H2. The number of hydrogen-bond acceptors (Lipinski definition) is 4. The molecule has 0 aliphatic heterocycles. The van der Waals surface area contributed by atoms with Gasteiger partial charge in [-0.3, -0.25) is 9.97 Å². The molecule has 0 amide bonds. The van der Waals surface area contributed by atoms with E-state index in [1.807, 2.05) is 36.4 Å². The molecule has 2 N–H and O–H groups in total. The van der Waals surface area contributed by atoms with Crippen LogP contribution < -0.4 is 10.5 Å². The molecular weight excluding hydrogens is 238 g/mol. The Morgan fingerprint density at radius 3 is 2.68 bits per heavy atom. The van der Waals surface area contributed by atoms with Crippen LogP contribution in [-0.2, 0) is 6.61 Å². The van der Waals surface area contributed by atoms with E-state index in [1.54, 1.807) is 18.6 Å². The number of fused-ring (bicyclic) bond motifs is 1. The number of aromatic nitrogens is 2. The van der Waals surface area contributed by atoms with E-state index in [0.29, 0.717) is 6.61 Å². The van der Waals surface area contributed by atoms with Gasteiger partial charge in [-0.25, -0.2) is 0 Å². The van der Waals surface area contributed by atoms with Gasteiger partial charge < -0.3 is 10.5 Å². The molecular formula is C15H13N3O. The first-order valence-corrected chi connectivity index (χ1v) is 5.99. The van der Waals surface area contributed by atoms with Crippen molar-refractivity contribution in [3.8, 4) is 5.75 Å². The van der Waals surface area contributed by atoms with E-state index in [-0.39, 0.29) is 0 Å². The first-order valence-electron chi connectivity index (χ1n) is 5.99. The van der Waals surface area contributed by atoms with Crippen molar-refractivity contribution in [1.29, 1.82) is 0 Å². The zero-order chi connectivity index (χ0) is 13.1. The Hall–Kier alpha value is -2.62. The number of ether oxygens (including phenoxy) is 1. The number of nitrogen functional groups attached to an aromatic ring is 1. The van der Waals surface area contributed by atoms with E-state index in [0.717, 1.165) is 27.9 Å². The smallest absolute Gasteiger partial charge is 0.132 e. The molecule has 3 aromatic rings. The van der Waals surface area contributed by atoms with Gasteiger partial charge in [0.1, 0.15) is 12.4 Å². The molecule has 3 rings (SSSR count). The van der Waals surface area contributed by atoms with Gasteiger partial charge in [0.05, 0.1) is 11.9 Å². The maximum absolute atomic E-state index is 5.95. The van der Waals surface area contributed by atoms with Crippen molar-refractivity contribution in [1.82, 2.24) is 9.97 Å². The fraction of sp³-hybridized carbons (Fsp3) is 0.0667. The molecule has 0 saturated heterocycles. The molecule has 1 aromatic heterocycles. The van der Waals surface area contributed by atoms with Crippen LogP contribution in [0.15, 0.2) is 55.0 Å². The highest BCUT2D eigenvalue weighted by molar-refractivity contribution is 5.96. The summed E-state index contributed by atoms with van der Waals surface area (Å²) in [5.74, 6) is 0.801. The summed E-state index contributed by atoms with van der Waals surface area (Å²) in [7, 11) is 0. The first-order chi connectivity index (χ1) is 9.34. The van der Waals surface area contributed by atoms with E-state index in [4.69, 9.17) is 10.5 Å². The summed E-state index contributed by atoms with van der Waals surface area (Å²) >= 11 is 0. The predicted octanol–water partition coefficient (Wildman–Crippen LogP) is 2.79. The Balaban J connectivity index is 1.91. The summed E-state index contributed by atoms with van der Waals surface area (Å²) in [6.07, 6.45) is 4.99. The van der Waals surface area contributed by atoms with Gasteiger partial charge in [0.15, 0.2) is 0 Å². The van der Waals surface area contributed by atoms with Crippen molar-refractivity contribution in [3.05, 3.63) is 60.7 Å². The van der Waals surface area contributed by atoms with Crippen molar-refractivity contribution < 1.29 is 4.74 Å². The second-order valence-corrected chi connectivity index (χ2v) is 4.18. The van der Waals surface area contributed by atoms with E-state index in [1.165, 1.54) is 0 Å². The fourth-order valence-electron chi connectivity index (χ4n) is 1.99. The highest BCUT2D eigenvalue weighted by Crippen LogP contribution is 2.29. The lowest BCUT2D eigenvalue weighted by molar-refractivity contribution is 0.304. The SMILES string of the molecule is Nc1cccc2c(OCc3cnccn3)cccc12. The molecule has 0 bridgehead atoms. The largest absolute Gasteiger partial charge is 0.487 e. The van der Waals surface area contributed by atoms with Crippen LogP contribution in [0.1, 0.15) is 5.69 Å². The second-order valence-electron chi connectivity index (χ2n) is 4.18. The molecule has 1 heterocycles. The van der Waals surface area contributed by atoms with Crippen LogP contribution in [0.2, 0.25) is 0 Å². The topological polar surface area (TPSA) is 61.0 Å². The van der Waals surface area contributed by atoms with Gasteiger partial charge in [-0.05, 0) is 12.1 Å². The summed E-state index contributed by atoms with van der Waals surface area (Å²) < 4.78 is 5.80. The molecule has 2 aromatic carbocycles. The Morgan fingerprint density at radius 2 is 1.84 bits per heavy atom. The maximum atomic E-state index is 5.95. The predicted molar refractivity (Wildman–Crippen MR) is 74.7 cm³/mol. The molecule has 0 spiro atoms. The van der Waals surface area contributed by atoms with Gasteiger partial charge in [-0.1, -0.05) is 24.3 Å². The minimum absolute atomic E-state index is 0.391. The van der Waals surface area contributed by atoms with Gasteiger partial charge in [0, 0.05) is 28.9 Å². The normalized spacial score (nSPS) is 10.5. The third kappa shape index (κ3) is 2.33. The number of hydrogen-bond donors (Lipinski definition) is 1. The molecule has 0 aliphatic rings. The third-order valence-electron chi connectivity index (χ3n) is 2.91. The highest BCUT2D eigenvalue weighted by Gasteiger charge is 2.04. The number of nitrogens with two attached hydrogens (primary N) is 1. The third-order valence-corrected chi connectivity index (χ3v) is 2.91. The van der Waals surface area contributed by atoms with Gasteiger partial charge >= 0.3 is 0 Å². The highest BCUT2D eigenvalue weighted by atomic mass is 16.5. The average Bonchev–Trinajstić information content (AvgIpc) is 2.47. The van der Waals surface area contributed by atoms with Crippen LogP contribution in [0, 0.1) is 0 Å². The molecule has 0 atom stereocenters. The molecule has 94 valence electrons. The Morgan fingerprint density at radius 1 is 1.00 bits per heavy atom. The molecule has 0 unspecified atom stereocenters. The Kier molecular flexibility index (Phi) is 2.98. The Bertz CT molecular complexity index is 698. The van der Waals surface area contributed by atoms with Crippen LogP contribution in [0.4, 0.5) is 5.69 Å². The van der Waals surface area contributed by atoms with E-state index < -0.39 is 0 Å². The van der Waals surface area contributed by atoms with E-state index in [2.05, 4.69) is 9.97 Å². The number of nitrogens with zero attached hydrogens (tertiary/aromatic N) is 2. The second kappa shape index (κ2) is 4.94. The zero-order valence-corrected chi connectivity index (χ0v) is 10.3. The average molecular weight is 251 g/mol. The lowest BCUT2D eigenvalue weighted by Crippen LogP contribution is -1.99. The summed E-state index contributed by atoms with van der Waals surface area (Å²) in [5.41, 5.74) is 7.50. The molecule has 0 radical (unpaired) electrons. The van der Waals surface area contributed by atoms with Crippen LogP contribution in [0.3, 0.4) is 0 Å². The van der Waals surface area contributed by atoms with Crippen molar-refractivity contribution >= 4 is 16.5 Å². The van der Waals surface area contributed by atoms with Gasteiger partial charge in [0.2, 0.25) is 0 Å². The first kappa shape index (κ1) is 11.5. The molecule has 4 heteroatoms. The fourth-order valence-corrected chi connectivity index (χ4v) is 1.99. The summed E-state index contributed by atoms with van der Waals surface area (Å²) in [6, 6.07) is 11.7. The minimum atomic E-state index is 0.391. The van der Waals surface area contributed by atoms with Crippen LogP contribution >= 0.6 is 0 Å². The molecule has 19 heavy (non-hydrogen) atoms.